The molecule has 0 N–H and O–H groups in total. The maximum Gasteiger partial charge on any atom is 0.227 e. The van der Waals surface area contributed by atoms with Crippen LogP contribution in [0.4, 0.5) is 0 Å². The third-order valence-corrected chi connectivity index (χ3v) is 4.55. The van der Waals surface area contributed by atoms with E-state index < -0.39 is 0 Å². The molecule has 134 valence electrons. The Balaban J connectivity index is 1.41. The number of benzene rings is 1. The van der Waals surface area contributed by atoms with E-state index in [1.807, 2.05) is 48.6 Å². The van der Waals surface area contributed by atoms with Crippen LogP contribution in [0.2, 0.25) is 0 Å². The smallest absolute Gasteiger partial charge is 0.227 e. The van der Waals surface area contributed by atoms with Gasteiger partial charge in [-0.2, -0.15) is 0 Å². The van der Waals surface area contributed by atoms with E-state index in [-0.39, 0.29) is 5.91 Å². The molecule has 0 radical (unpaired) electrons. The number of hydrogen-bond acceptors (Lipinski definition) is 4. The van der Waals surface area contributed by atoms with Crippen molar-refractivity contribution in [2.45, 2.75) is 19.9 Å². The molecular weight excluding hydrogens is 316 g/mol. The van der Waals surface area contributed by atoms with Gasteiger partial charge in [0.1, 0.15) is 5.75 Å². The van der Waals surface area contributed by atoms with Crippen LogP contribution in [0.3, 0.4) is 0 Å². The Morgan fingerprint density at radius 2 is 1.88 bits per heavy atom. The molecule has 1 aromatic heterocycles. The van der Waals surface area contributed by atoms with Crippen LogP contribution in [0.25, 0.3) is 0 Å². The van der Waals surface area contributed by atoms with Crippen molar-refractivity contribution < 1.29 is 9.53 Å². The first-order valence-electron chi connectivity index (χ1n) is 8.92. The zero-order valence-electron chi connectivity index (χ0n) is 14.8. The van der Waals surface area contributed by atoms with E-state index in [9.17, 15) is 4.79 Å². The van der Waals surface area contributed by atoms with E-state index in [0.717, 1.165) is 50.6 Å². The van der Waals surface area contributed by atoms with E-state index >= 15 is 0 Å². The highest BCUT2D eigenvalue weighted by Gasteiger charge is 2.20. The number of amides is 1. The summed E-state index contributed by atoms with van der Waals surface area (Å²) in [5, 5.41) is 0. The Morgan fingerprint density at radius 1 is 1.12 bits per heavy atom. The fourth-order valence-corrected chi connectivity index (χ4v) is 3.05. The first-order chi connectivity index (χ1) is 12.2. The molecule has 1 aromatic carbocycles. The van der Waals surface area contributed by atoms with E-state index in [4.69, 9.17) is 4.74 Å². The minimum Gasteiger partial charge on any atom is -0.494 e. The van der Waals surface area contributed by atoms with Gasteiger partial charge in [0, 0.05) is 51.7 Å². The Kier molecular flexibility index (Phi) is 6.06. The van der Waals surface area contributed by atoms with E-state index in [1.165, 1.54) is 0 Å². The number of carbonyl (C=O) groups excluding carboxylic acids is 1. The van der Waals surface area contributed by atoms with Crippen LogP contribution in [0, 0.1) is 0 Å². The molecule has 6 heteroatoms. The van der Waals surface area contributed by atoms with Gasteiger partial charge in [-0.05, 0) is 24.6 Å². The maximum atomic E-state index is 12.5. The van der Waals surface area contributed by atoms with Crippen LogP contribution >= 0.6 is 0 Å². The summed E-state index contributed by atoms with van der Waals surface area (Å²) in [6.45, 7) is 8.04. The van der Waals surface area contributed by atoms with Crippen LogP contribution in [0.15, 0.2) is 43.0 Å². The Labute approximate surface area is 149 Å². The first-order valence-corrected chi connectivity index (χ1v) is 8.92. The van der Waals surface area contributed by atoms with Crippen molar-refractivity contribution in [2.75, 3.05) is 39.3 Å². The number of imidazole rings is 1. The quantitative estimate of drug-likeness (QED) is 0.768. The molecule has 1 amide bonds. The van der Waals surface area contributed by atoms with Crippen LogP contribution < -0.4 is 4.74 Å². The number of hydrogen-bond donors (Lipinski definition) is 0. The number of rotatable bonds is 7. The standard InChI is InChI=1S/C19H26N4O2/c1-2-25-18-5-3-17(4-6-18)15-19(24)23-13-11-21(12-14-23)9-10-22-8-7-20-16-22/h3-8,16H,2,9-15H2,1H3. The molecule has 0 saturated carbocycles. The summed E-state index contributed by atoms with van der Waals surface area (Å²) in [6.07, 6.45) is 6.09. The van der Waals surface area contributed by atoms with E-state index in [2.05, 4.69) is 14.5 Å². The average Bonchev–Trinajstić information content (AvgIpc) is 3.16. The van der Waals surface area contributed by atoms with Gasteiger partial charge in [0.05, 0.1) is 19.4 Å². The molecule has 6 nitrogen and oxygen atoms in total. The van der Waals surface area contributed by atoms with Gasteiger partial charge in [-0.25, -0.2) is 4.98 Å². The normalized spacial score (nSPS) is 15.3. The summed E-state index contributed by atoms with van der Waals surface area (Å²) in [4.78, 5) is 20.9. The minimum atomic E-state index is 0.207. The molecule has 0 atom stereocenters. The third kappa shape index (κ3) is 5.06. The van der Waals surface area contributed by atoms with Gasteiger partial charge in [-0.1, -0.05) is 12.1 Å². The Hall–Kier alpha value is -2.34. The number of carbonyl (C=O) groups is 1. The van der Waals surface area contributed by atoms with Gasteiger partial charge >= 0.3 is 0 Å². The largest absolute Gasteiger partial charge is 0.494 e. The van der Waals surface area contributed by atoms with Crippen molar-refractivity contribution in [2.24, 2.45) is 0 Å². The van der Waals surface area contributed by atoms with E-state index in [1.54, 1.807) is 6.20 Å². The predicted molar refractivity (Wildman–Crippen MR) is 96.6 cm³/mol. The second-order valence-electron chi connectivity index (χ2n) is 6.28. The van der Waals surface area contributed by atoms with Crippen molar-refractivity contribution >= 4 is 5.91 Å². The SMILES string of the molecule is CCOc1ccc(CC(=O)N2CCN(CCn3ccnc3)CC2)cc1. The maximum absolute atomic E-state index is 12.5. The lowest BCUT2D eigenvalue weighted by Crippen LogP contribution is -2.49. The minimum absolute atomic E-state index is 0.207. The highest BCUT2D eigenvalue weighted by molar-refractivity contribution is 5.78. The summed E-state index contributed by atoms with van der Waals surface area (Å²) < 4.78 is 7.52. The second-order valence-corrected chi connectivity index (χ2v) is 6.28. The van der Waals surface area contributed by atoms with Crippen molar-refractivity contribution in [1.82, 2.24) is 19.4 Å². The fourth-order valence-electron chi connectivity index (χ4n) is 3.05. The highest BCUT2D eigenvalue weighted by atomic mass is 16.5. The van der Waals surface area contributed by atoms with Crippen LogP contribution in [-0.4, -0.2) is 64.6 Å². The summed E-state index contributed by atoms with van der Waals surface area (Å²) in [5.74, 6) is 1.06. The number of aromatic nitrogens is 2. The highest BCUT2D eigenvalue weighted by Crippen LogP contribution is 2.14. The number of ether oxygens (including phenoxy) is 1. The fraction of sp³-hybridized carbons (Fsp3) is 0.474. The number of piperazine rings is 1. The number of nitrogens with zero attached hydrogens (tertiary/aromatic N) is 4. The van der Waals surface area contributed by atoms with E-state index in [0.29, 0.717) is 13.0 Å². The van der Waals surface area contributed by atoms with Crippen molar-refractivity contribution in [3.63, 3.8) is 0 Å². The zero-order chi connectivity index (χ0) is 17.5. The summed E-state index contributed by atoms with van der Waals surface area (Å²) in [5.41, 5.74) is 1.04. The molecule has 1 aliphatic heterocycles. The molecule has 0 aliphatic carbocycles. The molecule has 0 bridgehead atoms. The molecule has 3 rings (SSSR count). The predicted octanol–water partition coefficient (Wildman–Crippen LogP) is 1.67. The molecule has 2 heterocycles. The van der Waals surface area contributed by atoms with Crippen LogP contribution in [-0.2, 0) is 17.8 Å². The summed E-state index contributed by atoms with van der Waals surface area (Å²) >= 11 is 0. The van der Waals surface area contributed by atoms with Gasteiger partial charge in [-0.3, -0.25) is 9.69 Å². The van der Waals surface area contributed by atoms with Crippen LogP contribution in [0.5, 0.6) is 5.75 Å². The molecule has 0 unspecified atom stereocenters. The second kappa shape index (κ2) is 8.67. The molecule has 2 aromatic rings. The van der Waals surface area contributed by atoms with Crippen molar-refractivity contribution in [1.29, 1.82) is 0 Å². The molecule has 25 heavy (non-hydrogen) atoms. The Bertz CT molecular complexity index is 647. The van der Waals surface area contributed by atoms with Gasteiger partial charge in [-0.15, -0.1) is 0 Å². The van der Waals surface area contributed by atoms with Gasteiger partial charge in [0.25, 0.3) is 0 Å². The molecule has 1 aliphatic rings. The lowest BCUT2D eigenvalue weighted by Gasteiger charge is -2.34. The van der Waals surface area contributed by atoms with Gasteiger partial charge in [0.2, 0.25) is 5.91 Å². The van der Waals surface area contributed by atoms with Gasteiger partial charge < -0.3 is 14.2 Å². The lowest BCUT2D eigenvalue weighted by atomic mass is 10.1. The van der Waals surface area contributed by atoms with Crippen molar-refractivity contribution in [3.05, 3.63) is 48.5 Å². The lowest BCUT2D eigenvalue weighted by molar-refractivity contribution is -0.132. The zero-order valence-corrected chi connectivity index (χ0v) is 14.8. The summed E-state index contributed by atoms with van der Waals surface area (Å²) in [6, 6.07) is 7.81. The first kappa shape index (κ1) is 17.5. The van der Waals surface area contributed by atoms with Gasteiger partial charge in [0.15, 0.2) is 0 Å². The monoisotopic (exact) mass is 342 g/mol. The topological polar surface area (TPSA) is 50.6 Å². The molecule has 1 fully saturated rings. The van der Waals surface area contributed by atoms with Crippen molar-refractivity contribution in [3.8, 4) is 5.75 Å². The summed E-state index contributed by atoms with van der Waals surface area (Å²) in [7, 11) is 0. The molecule has 0 spiro atoms. The molecule has 1 saturated heterocycles. The molecular formula is C19H26N4O2. The average molecular weight is 342 g/mol. The third-order valence-electron chi connectivity index (χ3n) is 4.55. The Morgan fingerprint density at radius 3 is 2.52 bits per heavy atom. The van der Waals surface area contributed by atoms with Crippen LogP contribution in [0.1, 0.15) is 12.5 Å².